The van der Waals surface area contributed by atoms with E-state index in [4.69, 9.17) is 15.2 Å². The molecule has 2 aliphatic carbocycles. The van der Waals surface area contributed by atoms with Crippen LogP contribution in [0.4, 0.5) is 5.69 Å². The molecule has 0 radical (unpaired) electrons. The Morgan fingerprint density at radius 2 is 1.41 bits per heavy atom. The van der Waals surface area contributed by atoms with Crippen molar-refractivity contribution in [3.05, 3.63) is 41.0 Å². The topological polar surface area (TPSA) is 119 Å². The molecule has 0 fully saturated rings. The summed E-state index contributed by atoms with van der Waals surface area (Å²) in [7, 11) is 1.24. The minimum Gasteiger partial charge on any atom is -0.462 e. The summed E-state index contributed by atoms with van der Waals surface area (Å²) in [6.45, 7) is 3.64. The Bertz CT molecular complexity index is 791. The van der Waals surface area contributed by atoms with Crippen molar-refractivity contribution >= 4 is 23.5 Å². The van der Waals surface area contributed by atoms with Crippen molar-refractivity contribution in [2.45, 2.75) is 20.3 Å². The van der Waals surface area contributed by atoms with Crippen LogP contribution in [0.1, 0.15) is 40.1 Å². The minimum atomic E-state index is -0.644. The van der Waals surface area contributed by atoms with Gasteiger partial charge in [0.1, 0.15) is 0 Å². The third kappa shape index (κ3) is 4.17. The second-order valence-corrected chi connectivity index (χ2v) is 5.77. The maximum atomic E-state index is 12.4. The van der Waals surface area contributed by atoms with E-state index in [0.29, 0.717) is 21.8 Å². The maximum absolute atomic E-state index is 12.4. The number of anilines is 1. The largest absolute Gasteiger partial charge is 0.462 e. The number of hydroxylamine groups is 2. The summed E-state index contributed by atoms with van der Waals surface area (Å²) in [4.78, 5) is 36.5. The first-order valence-electron chi connectivity index (χ1n) is 8.45. The van der Waals surface area contributed by atoms with E-state index in [0.717, 1.165) is 0 Å². The Morgan fingerprint density at radius 3 is 1.78 bits per heavy atom. The monoisotopic (exact) mass is 374 g/mol. The fraction of sp³-hybridized carbons (Fsp3) is 0.316. The molecule has 0 unspecified atom stereocenters. The molecule has 8 heteroatoms. The van der Waals surface area contributed by atoms with Crippen molar-refractivity contribution in [3.8, 4) is 11.1 Å². The molecule has 1 amide bonds. The number of hydrogen-bond donors (Lipinski definition) is 2. The Morgan fingerprint density at radius 1 is 0.963 bits per heavy atom. The number of nitrogens with zero attached hydrogens (tertiary/aromatic N) is 1. The Balaban J connectivity index is 2.64. The fourth-order valence-corrected chi connectivity index (χ4v) is 2.72. The van der Waals surface area contributed by atoms with Crippen molar-refractivity contribution in [1.82, 2.24) is 5.06 Å². The highest BCUT2D eigenvalue weighted by atomic mass is 16.5. The molecule has 144 valence electrons. The summed E-state index contributed by atoms with van der Waals surface area (Å²) < 4.78 is 10.1. The Labute approximate surface area is 156 Å². The number of hydrogen-bond acceptors (Lipinski definition) is 7. The van der Waals surface area contributed by atoms with E-state index in [1.54, 1.807) is 38.1 Å². The molecule has 2 aliphatic rings. The molecule has 0 saturated carbocycles. The van der Waals surface area contributed by atoms with Crippen LogP contribution in [0.5, 0.6) is 0 Å². The molecule has 0 aliphatic heterocycles. The molecule has 0 heterocycles. The van der Waals surface area contributed by atoms with Gasteiger partial charge in [-0.15, -0.1) is 0 Å². The van der Waals surface area contributed by atoms with Gasteiger partial charge in [0.25, 0.3) is 0 Å². The Kier molecular flexibility index (Phi) is 6.36. The van der Waals surface area contributed by atoms with Crippen LogP contribution in [0.15, 0.2) is 24.3 Å². The van der Waals surface area contributed by atoms with Crippen LogP contribution in [0.25, 0.3) is 11.1 Å². The number of rotatable bonds is 6. The predicted octanol–water partition coefficient (Wildman–Crippen LogP) is 2.12. The second kappa shape index (κ2) is 8.50. The molecule has 2 rings (SSSR count). The van der Waals surface area contributed by atoms with E-state index in [-0.39, 0.29) is 36.4 Å². The summed E-state index contributed by atoms with van der Waals surface area (Å²) in [5.74, 6) is -1.79. The predicted molar refractivity (Wildman–Crippen MR) is 97.6 cm³/mol. The first kappa shape index (κ1) is 20.2. The summed E-state index contributed by atoms with van der Waals surface area (Å²) in [6, 6.07) is 6.45. The van der Waals surface area contributed by atoms with Gasteiger partial charge in [-0.3, -0.25) is 10.0 Å². The average molecular weight is 374 g/mol. The van der Waals surface area contributed by atoms with Crippen molar-refractivity contribution in [2.75, 3.05) is 26.0 Å². The van der Waals surface area contributed by atoms with Crippen LogP contribution < -0.4 is 5.73 Å². The molecule has 0 aromatic heterocycles. The van der Waals surface area contributed by atoms with Crippen molar-refractivity contribution in [3.63, 3.8) is 0 Å². The van der Waals surface area contributed by atoms with Crippen LogP contribution in [0.2, 0.25) is 0 Å². The molecule has 0 saturated heterocycles. The number of ether oxygens (including phenoxy) is 2. The van der Waals surface area contributed by atoms with Gasteiger partial charge in [0, 0.05) is 7.05 Å². The zero-order valence-electron chi connectivity index (χ0n) is 15.4. The minimum absolute atomic E-state index is 0.000757. The van der Waals surface area contributed by atoms with Gasteiger partial charge in [0.2, 0.25) is 5.91 Å². The average Bonchev–Trinajstić information content (AvgIpc) is 2.74. The third-order valence-electron chi connectivity index (χ3n) is 3.97. The number of amides is 1. The van der Waals surface area contributed by atoms with Crippen molar-refractivity contribution in [1.29, 1.82) is 0 Å². The van der Waals surface area contributed by atoms with Gasteiger partial charge in [0.05, 0.1) is 36.4 Å². The second-order valence-electron chi connectivity index (χ2n) is 5.77. The van der Waals surface area contributed by atoms with Gasteiger partial charge in [-0.05, 0) is 30.5 Å². The first-order valence-corrected chi connectivity index (χ1v) is 8.45. The number of fused-ring (bicyclic) bond motifs is 1. The van der Waals surface area contributed by atoms with Crippen molar-refractivity contribution in [2.24, 2.45) is 0 Å². The van der Waals surface area contributed by atoms with Crippen LogP contribution >= 0.6 is 0 Å². The van der Waals surface area contributed by atoms with E-state index in [1.165, 1.54) is 7.05 Å². The zero-order valence-corrected chi connectivity index (χ0v) is 15.4. The Hall–Kier alpha value is -3.13. The van der Waals surface area contributed by atoms with Crippen LogP contribution in [0, 0.1) is 0 Å². The molecule has 0 aromatic carbocycles. The van der Waals surface area contributed by atoms with E-state index < -0.39 is 17.8 Å². The SMILES string of the molecule is CCOC(=O)c1c2ccc(CC(=O)N(C)O)ccc-2c(C(=O)OCC)c1N. The van der Waals surface area contributed by atoms with Gasteiger partial charge in [-0.2, -0.15) is 0 Å². The number of likely N-dealkylation sites (N-methyl/N-ethyl adjacent to an activating group) is 1. The highest BCUT2D eigenvalue weighted by Gasteiger charge is 2.30. The van der Waals surface area contributed by atoms with E-state index in [9.17, 15) is 19.6 Å². The summed E-state index contributed by atoms with van der Waals surface area (Å²) in [5, 5.41) is 9.73. The highest BCUT2D eigenvalue weighted by Crippen LogP contribution is 2.39. The molecule has 8 nitrogen and oxygen atoms in total. The van der Waals surface area contributed by atoms with Gasteiger partial charge in [-0.25, -0.2) is 14.7 Å². The van der Waals surface area contributed by atoms with Gasteiger partial charge in [0.15, 0.2) is 0 Å². The van der Waals surface area contributed by atoms with E-state index in [1.807, 2.05) is 0 Å². The number of nitrogen functional groups attached to an aromatic ring is 1. The zero-order chi connectivity index (χ0) is 20.1. The quantitative estimate of drug-likeness (QED) is 0.451. The summed E-state index contributed by atoms with van der Waals surface area (Å²) in [6.07, 6.45) is -0.0523. The maximum Gasteiger partial charge on any atom is 0.340 e. The number of nitrogens with two attached hydrogens (primary N) is 1. The lowest BCUT2D eigenvalue weighted by atomic mass is 10.1. The van der Waals surface area contributed by atoms with E-state index in [2.05, 4.69) is 0 Å². The molecular weight excluding hydrogens is 352 g/mol. The standard InChI is InChI=1S/C19H22N2O6/c1-4-26-18(23)15-12-8-6-11(10-14(22)21(3)25)7-9-13(12)16(17(15)20)19(24)27-5-2/h6-9,25H,4-5,10,20H2,1-3H3. The highest BCUT2D eigenvalue weighted by molar-refractivity contribution is 6.15. The number of carbonyl (C=O) groups excluding carboxylic acids is 3. The molecular formula is C19H22N2O6. The van der Waals surface area contributed by atoms with Gasteiger partial charge in [-0.1, -0.05) is 24.3 Å². The van der Waals surface area contributed by atoms with Crippen LogP contribution in [-0.2, 0) is 20.7 Å². The lowest BCUT2D eigenvalue weighted by Crippen LogP contribution is -2.24. The molecule has 3 N–H and O–H groups in total. The lowest BCUT2D eigenvalue weighted by molar-refractivity contribution is -0.158. The van der Waals surface area contributed by atoms with E-state index >= 15 is 0 Å². The first-order chi connectivity index (χ1) is 12.8. The molecule has 0 aromatic rings. The van der Waals surface area contributed by atoms with Crippen LogP contribution in [0.3, 0.4) is 0 Å². The molecule has 0 atom stereocenters. The summed E-state index contributed by atoms with van der Waals surface area (Å²) in [5.41, 5.74) is 7.68. The van der Waals surface area contributed by atoms with Gasteiger partial charge < -0.3 is 15.2 Å². The smallest absolute Gasteiger partial charge is 0.340 e. The number of carbonyl (C=O) groups is 3. The summed E-state index contributed by atoms with van der Waals surface area (Å²) >= 11 is 0. The molecule has 0 bridgehead atoms. The lowest BCUT2D eigenvalue weighted by Gasteiger charge is -2.06. The van der Waals surface area contributed by atoms with Gasteiger partial charge >= 0.3 is 11.9 Å². The number of esters is 2. The normalized spacial score (nSPS) is 10.5. The molecule has 27 heavy (non-hydrogen) atoms. The molecule has 0 spiro atoms. The van der Waals surface area contributed by atoms with Crippen LogP contribution in [-0.4, -0.2) is 48.4 Å². The third-order valence-corrected chi connectivity index (χ3v) is 3.97. The van der Waals surface area contributed by atoms with Crippen molar-refractivity contribution < 1.29 is 29.1 Å². The fourth-order valence-electron chi connectivity index (χ4n) is 2.72.